The van der Waals surface area contributed by atoms with E-state index in [4.69, 9.17) is 9.84 Å². The molecule has 3 N–H and O–H groups in total. The minimum atomic E-state index is -0.902. The van der Waals surface area contributed by atoms with Crippen molar-refractivity contribution in [3.8, 4) is 11.1 Å². The first-order chi connectivity index (χ1) is 15.7. The fourth-order valence-electron chi connectivity index (χ4n) is 4.20. The van der Waals surface area contributed by atoms with Crippen LogP contribution < -0.4 is 10.6 Å². The van der Waals surface area contributed by atoms with E-state index in [0.717, 1.165) is 22.3 Å². The van der Waals surface area contributed by atoms with Crippen molar-refractivity contribution < 1.29 is 24.2 Å². The molecule has 1 aliphatic carbocycles. The number of amides is 2. The van der Waals surface area contributed by atoms with Crippen LogP contribution in [0, 0.1) is 5.92 Å². The zero-order valence-corrected chi connectivity index (χ0v) is 19.4. The zero-order chi connectivity index (χ0) is 24.0. The van der Waals surface area contributed by atoms with Gasteiger partial charge in [-0.3, -0.25) is 9.59 Å². The third-order valence-corrected chi connectivity index (χ3v) is 6.13. The van der Waals surface area contributed by atoms with Gasteiger partial charge in [-0.15, -0.1) is 0 Å². The number of aliphatic carboxylic acids is 1. The lowest BCUT2D eigenvalue weighted by molar-refractivity contribution is -0.138. The summed E-state index contributed by atoms with van der Waals surface area (Å²) in [5.41, 5.74) is 3.96. The van der Waals surface area contributed by atoms with Crippen LogP contribution in [0.3, 0.4) is 0 Å². The van der Waals surface area contributed by atoms with Crippen LogP contribution >= 0.6 is 0 Å². The minimum Gasteiger partial charge on any atom is -0.481 e. The van der Waals surface area contributed by atoms with Gasteiger partial charge in [0, 0.05) is 24.4 Å². The van der Waals surface area contributed by atoms with Gasteiger partial charge in [0.05, 0.1) is 5.92 Å². The fraction of sp³-hybridized carbons (Fsp3) is 0.423. The Balaban J connectivity index is 1.53. The molecule has 3 rings (SSSR count). The second-order valence-electron chi connectivity index (χ2n) is 9.08. The number of hydrogen-bond acceptors (Lipinski definition) is 4. The molecule has 0 aliphatic heterocycles. The summed E-state index contributed by atoms with van der Waals surface area (Å²) in [6, 6.07) is 16.3. The molecule has 1 atom stereocenters. The van der Waals surface area contributed by atoms with Gasteiger partial charge in [0.1, 0.15) is 6.61 Å². The van der Waals surface area contributed by atoms with Gasteiger partial charge >= 0.3 is 12.1 Å². The van der Waals surface area contributed by atoms with Crippen molar-refractivity contribution in [2.24, 2.45) is 5.92 Å². The molecule has 33 heavy (non-hydrogen) atoms. The van der Waals surface area contributed by atoms with Crippen LogP contribution in [0.4, 0.5) is 4.79 Å². The molecule has 2 aromatic carbocycles. The first-order valence-corrected chi connectivity index (χ1v) is 11.3. The number of benzene rings is 2. The normalized spacial score (nSPS) is 13.5. The number of rotatable bonds is 10. The van der Waals surface area contributed by atoms with E-state index in [1.54, 1.807) is 13.8 Å². The molecule has 0 heterocycles. The van der Waals surface area contributed by atoms with Gasteiger partial charge in [-0.2, -0.15) is 0 Å². The largest absolute Gasteiger partial charge is 0.481 e. The molecule has 2 amide bonds. The predicted molar refractivity (Wildman–Crippen MR) is 126 cm³/mol. The second kappa shape index (κ2) is 10.5. The Kier molecular flexibility index (Phi) is 7.74. The highest BCUT2D eigenvalue weighted by molar-refractivity contribution is 5.81. The average Bonchev–Trinajstić information content (AvgIpc) is 3.10. The molecular weight excluding hydrogens is 420 g/mol. The number of carboxylic acids is 1. The van der Waals surface area contributed by atoms with Crippen LogP contribution in [0.1, 0.15) is 57.1 Å². The molecule has 2 aromatic rings. The van der Waals surface area contributed by atoms with E-state index in [-0.39, 0.29) is 31.4 Å². The van der Waals surface area contributed by atoms with Crippen molar-refractivity contribution >= 4 is 18.0 Å². The van der Waals surface area contributed by atoms with Crippen molar-refractivity contribution in [2.75, 3.05) is 13.2 Å². The molecule has 0 saturated carbocycles. The standard InChI is InChI=1S/C26H32N2O5/c1-4-17(24(31)28-26(2,3)14-13-23(29)30)15-27-25(32)33-16-22-20-11-7-5-9-18(20)19-10-6-8-12-21(19)22/h5-12,17,22H,4,13-16H2,1-3H3,(H,27,32)(H,28,31)(H,29,30). The molecule has 0 aromatic heterocycles. The summed E-state index contributed by atoms with van der Waals surface area (Å²) in [5, 5.41) is 14.5. The number of hydrogen-bond donors (Lipinski definition) is 3. The lowest BCUT2D eigenvalue weighted by Crippen LogP contribution is -2.48. The molecule has 0 fully saturated rings. The molecule has 7 heteroatoms. The maximum absolute atomic E-state index is 12.6. The number of nitrogens with one attached hydrogen (secondary N) is 2. The number of carbonyl (C=O) groups is 3. The predicted octanol–water partition coefficient (Wildman–Crippen LogP) is 4.31. The van der Waals surface area contributed by atoms with E-state index in [2.05, 4.69) is 34.9 Å². The number of carboxylic acid groups (broad SMARTS) is 1. The summed E-state index contributed by atoms with van der Waals surface area (Å²) in [7, 11) is 0. The molecule has 176 valence electrons. The van der Waals surface area contributed by atoms with Crippen LogP contribution in [0.2, 0.25) is 0 Å². The molecule has 0 radical (unpaired) electrons. The van der Waals surface area contributed by atoms with Crippen LogP contribution in [-0.4, -0.2) is 41.8 Å². The SMILES string of the molecule is CCC(CNC(=O)OCC1c2ccccc2-c2ccccc21)C(=O)NC(C)(C)CCC(=O)O. The Morgan fingerprint density at radius 2 is 1.61 bits per heavy atom. The fourth-order valence-corrected chi connectivity index (χ4v) is 4.20. The summed E-state index contributed by atoms with van der Waals surface area (Å²) >= 11 is 0. The van der Waals surface area contributed by atoms with Gasteiger partial charge in [-0.1, -0.05) is 55.5 Å². The van der Waals surface area contributed by atoms with E-state index in [1.807, 2.05) is 31.2 Å². The van der Waals surface area contributed by atoms with E-state index in [9.17, 15) is 14.4 Å². The van der Waals surface area contributed by atoms with Crippen LogP contribution in [0.15, 0.2) is 48.5 Å². The van der Waals surface area contributed by atoms with Gasteiger partial charge in [0.25, 0.3) is 0 Å². The molecule has 1 aliphatic rings. The van der Waals surface area contributed by atoms with E-state index in [0.29, 0.717) is 12.8 Å². The first-order valence-electron chi connectivity index (χ1n) is 11.3. The lowest BCUT2D eigenvalue weighted by atomic mass is 9.96. The number of alkyl carbamates (subject to hydrolysis) is 1. The highest BCUT2D eigenvalue weighted by atomic mass is 16.5. The van der Waals surface area contributed by atoms with Gasteiger partial charge < -0.3 is 20.5 Å². The van der Waals surface area contributed by atoms with Crippen molar-refractivity contribution in [3.63, 3.8) is 0 Å². The monoisotopic (exact) mass is 452 g/mol. The summed E-state index contributed by atoms with van der Waals surface area (Å²) in [6.45, 7) is 5.81. The van der Waals surface area contributed by atoms with Gasteiger partial charge in [0.15, 0.2) is 0 Å². The Morgan fingerprint density at radius 1 is 1.03 bits per heavy atom. The maximum atomic E-state index is 12.6. The Morgan fingerprint density at radius 3 is 2.15 bits per heavy atom. The quantitative estimate of drug-likeness (QED) is 0.498. The van der Waals surface area contributed by atoms with Crippen LogP contribution in [-0.2, 0) is 14.3 Å². The molecule has 7 nitrogen and oxygen atoms in total. The van der Waals surface area contributed by atoms with Crippen LogP contribution in [0.25, 0.3) is 11.1 Å². The molecular formula is C26H32N2O5. The van der Waals surface area contributed by atoms with E-state index in [1.165, 1.54) is 0 Å². The topological polar surface area (TPSA) is 105 Å². The molecule has 0 saturated heterocycles. The van der Waals surface area contributed by atoms with Crippen LogP contribution in [0.5, 0.6) is 0 Å². The third kappa shape index (κ3) is 6.12. The Bertz CT molecular complexity index is 972. The summed E-state index contributed by atoms with van der Waals surface area (Å²) in [6.07, 6.45) is 0.268. The number of fused-ring (bicyclic) bond motifs is 3. The summed E-state index contributed by atoms with van der Waals surface area (Å²) < 4.78 is 5.53. The van der Waals surface area contributed by atoms with Crippen molar-refractivity contribution in [1.29, 1.82) is 0 Å². The highest BCUT2D eigenvalue weighted by Gasteiger charge is 2.29. The molecule has 0 bridgehead atoms. The number of ether oxygens (including phenoxy) is 1. The van der Waals surface area contributed by atoms with Gasteiger partial charge in [0.2, 0.25) is 5.91 Å². The second-order valence-corrected chi connectivity index (χ2v) is 9.08. The highest BCUT2D eigenvalue weighted by Crippen LogP contribution is 2.44. The third-order valence-electron chi connectivity index (χ3n) is 6.13. The van der Waals surface area contributed by atoms with Crippen molar-refractivity contribution in [3.05, 3.63) is 59.7 Å². The van der Waals surface area contributed by atoms with Gasteiger partial charge in [-0.25, -0.2) is 4.79 Å². The van der Waals surface area contributed by atoms with E-state index >= 15 is 0 Å². The van der Waals surface area contributed by atoms with E-state index < -0.39 is 23.5 Å². The Hall–Kier alpha value is -3.35. The van der Waals surface area contributed by atoms with Gasteiger partial charge in [-0.05, 0) is 48.9 Å². The first kappa shape index (κ1) is 24.3. The smallest absolute Gasteiger partial charge is 0.407 e. The summed E-state index contributed by atoms with van der Waals surface area (Å²) in [4.78, 5) is 35.9. The lowest BCUT2D eigenvalue weighted by Gasteiger charge is -2.28. The molecule has 1 unspecified atom stereocenters. The minimum absolute atomic E-state index is 0.0246. The number of carbonyl (C=O) groups excluding carboxylic acids is 2. The zero-order valence-electron chi connectivity index (χ0n) is 19.4. The average molecular weight is 453 g/mol. The Labute approximate surface area is 194 Å². The molecule has 0 spiro atoms. The van der Waals surface area contributed by atoms with Crippen molar-refractivity contribution in [2.45, 2.75) is 51.5 Å². The summed E-state index contributed by atoms with van der Waals surface area (Å²) in [5.74, 6) is -1.58. The van der Waals surface area contributed by atoms with Crippen molar-refractivity contribution in [1.82, 2.24) is 10.6 Å². The maximum Gasteiger partial charge on any atom is 0.407 e.